The standard InChI is InChI=1S/C12H18ClN/c1-2-3-6-10(9-14)11-7-4-5-8-12(11)13/h4-5,7-8,10H,2-3,6,9,14H2,1H3. The second-order valence-electron chi connectivity index (χ2n) is 3.60. The van der Waals surface area contributed by atoms with E-state index in [4.69, 9.17) is 17.3 Å². The second kappa shape index (κ2) is 6.05. The molecule has 0 saturated heterocycles. The second-order valence-corrected chi connectivity index (χ2v) is 4.00. The molecule has 1 rings (SSSR count). The molecule has 0 aliphatic rings. The molecule has 1 aromatic rings. The zero-order valence-electron chi connectivity index (χ0n) is 8.67. The molecular weight excluding hydrogens is 194 g/mol. The van der Waals surface area contributed by atoms with Gasteiger partial charge in [-0.3, -0.25) is 0 Å². The Balaban J connectivity index is 2.73. The van der Waals surface area contributed by atoms with Crippen LogP contribution < -0.4 is 5.73 Å². The normalized spacial score (nSPS) is 12.8. The highest BCUT2D eigenvalue weighted by Crippen LogP contribution is 2.27. The van der Waals surface area contributed by atoms with Crippen molar-refractivity contribution in [3.63, 3.8) is 0 Å². The van der Waals surface area contributed by atoms with Crippen LogP contribution in [0.1, 0.15) is 37.7 Å². The fourth-order valence-corrected chi connectivity index (χ4v) is 1.95. The molecule has 78 valence electrons. The molecule has 2 N–H and O–H groups in total. The van der Waals surface area contributed by atoms with Gasteiger partial charge in [0.25, 0.3) is 0 Å². The molecule has 0 aromatic heterocycles. The SMILES string of the molecule is CCCCC(CN)c1ccccc1Cl. The molecule has 0 saturated carbocycles. The lowest BCUT2D eigenvalue weighted by Crippen LogP contribution is -2.12. The van der Waals surface area contributed by atoms with Crippen LogP contribution in [0.15, 0.2) is 24.3 Å². The Morgan fingerprint density at radius 3 is 2.64 bits per heavy atom. The van der Waals surface area contributed by atoms with E-state index in [9.17, 15) is 0 Å². The quantitative estimate of drug-likeness (QED) is 0.792. The third kappa shape index (κ3) is 3.00. The first kappa shape index (κ1) is 11.5. The largest absolute Gasteiger partial charge is 0.330 e. The third-order valence-corrected chi connectivity index (χ3v) is 2.88. The Hall–Kier alpha value is -0.530. The van der Waals surface area contributed by atoms with Gasteiger partial charge in [-0.15, -0.1) is 0 Å². The van der Waals surface area contributed by atoms with Crippen LogP contribution in [0.4, 0.5) is 0 Å². The molecule has 0 fully saturated rings. The summed E-state index contributed by atoms with van der Waals surface area (Å²) in [5.74, 6) is 0.420. The highest BCUT2D eigenvalue weighted by atomic mass is 35.5. The fourth-order valence-electron chi connectivity index (χ4n) is 1.66. The van der Waals surface area contributed by atoms with E-state index >= 15 is 0 Å². The van der Waals surface area contributed by atoms with Gasteiger partial charge in [-0.25, -0.2) is 0 Å². The summed E-state index contributed by atoms with van der Waals surface area (Å²) in [6, 6.07) is 8.00. The maximum absolute atomic E-state index is 6.12. The smallest absolute Gasteiger partial charge is 0.0441 e. The lowest BCUT2D eigenvalue weighted by atomic mass is 9.94. The highest BCUT2D eigenvalue weighted by molar-refractivity contribution is 6.31. The summed E-state index contributed by atoms with van der Waals surface area (Å²) in [6.07, 6.45) is 3.56. The van der Waals surface area contributed by atoms with Crippen LogP contribution in [-0.4, -0.2) is 6.54 Å². The molecule has 2 heteroatoms. The van der Waals surface area contributed by atoms with Crippen molar-refractivity contribution in [1.82, 2.24) is 0 Å². The molecule has 0 spiro atoms. The first-order valence-corrected chi connectivity index (χ1v) is 5.61. The zero-order chi connectivity index (χ0) is 10.4. The van der Waals surface area contributed by atoms with Gasteiger partial charge in [0, 0.05) is 5.02 Å². The third-order valence-electron chi connectivity index (χ3n) is 2.54. The number of hydrogen-bond donors (Lipinski definition) is 1. The summed E-state index contributed by atoms with van der Waals surface area (Å²) in [4.78, 5) is 0. The highest BCUT2D eigenvalue weighted by Gasteiger charge is 2.11. The van der Waals surface area contributed by atoms with Gasteiger partial charge < -0.3 is 5.73 Å². The average molecular weight is 212 g/mol. The van der Waals surface area contributed by atoms with Crippen LogP contribution in [0.5, 0.6) is 0 Å². The van der Waals surface area contributed by atoms with E-state index in [-0.39, 0.29) is 0 Å². The van der Waals surface area contributed by atoms with Crippen molar-refractivity contribution in [1.29, 1.82) is 0 Å². The minimum atomic E-state index is 0.420. The Morgan fingerprint density at radius 2 is 2.07 bits per heavy atom. The van der Waals surface area contributed by atoms with Crippen LogP contribution in [0.3, 0.4) is 0 Å². The van der Waals surface area contributed by atoms with Crippen LogP contribution in [0.25, 0.3) is 0 Å². The lowest BCUT2D eigenvalue weighted by molar-refractivity contribution is 0.592. The Bertz CT molecular complexity index is 273. The molecule has 0 heterocycles. The van der Waals surface area contributed by atoms with Crippen molar-refractivity contribution < 1.29 is 0 Å². The topological polar surface area (TPSA) is 26.0 Å². The molecule has 1 nitrogen and oxygen atoms in total. The molecule has 0 bridgehead atoms. The number of benzene rings is 1. The Kier molecular flexibility index (Phi) is 4.99. The number of hydrogen-bond acceptors (Lipinski definition) is 1. The molecule has 0 aliphatic heterocycles. The van der Waals surface area contributed by atoms with E-state index in [1.54, 1.807) is 0 Å². The first-order valence-electron chi connectivity index (χ1n) is 5.24. The van der Waals surface area contributed by atoms with Crippen molar-refractivity contribution in [2.45, 2.75) is 32.1 Å². The Labute approximate surface area is 91.3 Å². The monoisotopic (exact) mass is 211 g/mol. The molecule has 1 aromatic carbocycles. The summed E-state index contributed by atoms with van der Waals surface area (Å²) in [6.45, 7) is 2.88. The van der Waals surface area contributed by atoms with Gasteiger partial charge in [-0.1, -0.05) is 49.6 Å². The van der Waals surface area contributed by atoms with Crippen LogP contribution in [0.2, 0.25) is 5.02 Å². The summed E-state index contributed by atoms with van der Waals surface area (Å²) >= 11 is 6.12. The van der Waals surface area contributed by atoms with Crippen molar-refractivity contribution in [2.75, 3.05) is 6.54 Å². The van der Waals surface area contributed by atoms with E-state index in [0.717, 1.165) is 11.4 Å². The summed E-state index contributed by atoms with van der Waals surface area (Å²) < 4.78 is 0. The molecule has 0 radical (unpaired) electrons. The van der Waals surface area contributed by atoms with Crippen molar-refractivity contribution in [3.05, 3.63) is 34.9 Å². The number of rotatable bonds is 5. The predicted molar refractivity (Wildman–Crippen MR) is 62.8 cm³/mol. The van der Waals surface area contributed by atoms with E-state index in [1.807, 2.05) is 18.2 Å². The van der Waals surface area contributed by atoms with Gasteiger partial charge in [-0.2, -0.15) is 0 Å². The van der Waals surface area contributed by atoms with Crippen LogP contribution in [-0.2, 0) is 0 Å². The van der Waals surface area contributed by atoms with Crippen molar-refractivity contribution in [2.24, 2.45) is 5.73 Å². The van der Waals surface area contributed by atoms with E-state index < -0.39 is 0 Å². The number of halogens is 1. The molecule has 1 atom stereocenters. The summed E-state index contributed by atoms with van der Waals surface area (Å²) in [5, 5.41) is 0.846. The Morgan fingerprint density at radius 1 is 1.36 bits per heavy atom. The number of nitrogens with two attached hydrogens (primary N) is 1. The molecule has 14 heavy (non-hydrogen) atoms. The number of unbranched alkanes of at least 4 members (excludes halogenated alkanes) is 1. The van der Waals surface area contributed by atoms with Gasteiger partial charge in [0.05, 0.1) is 0 Å². The summed E-state index contributed by atoms with van der Waals surface area (Å²) in [5.41, 5.74) is 6.95. The fraction of sp³-hybridized carbons (Fsp3) is 0.500. The van der Waals surface area contributed by atoms with Crippen LogP contribution >= 0.6 is 11.6 Å². The van der Waals surface area contributed by atoms with Crippen molar-refractivity contribution in [3.8, 4) is 0 Å². The predicted octanol–water partition coefficient (Wildman–Crippen LogP) is 3.57. The average Bonchev–Trinajstić information content (AvgIpc) is 2.21. The maximum atomic E-state index is 6.12. The van der Waals surface area contributed by atoms with E-state index in [0.29, 0.717) is 12.5 Å². The van der Waals surface area contributed by atoms with E-state index in [1.165, 1.54) is 18.4 Å². The minimum Gasteiger partial charge on any atom is -0.330 e. The summed E-state index contributed by atoms with van der Waals surface area (Å²) in [7, 11) is 0. The lowest BCUT2D eigenvalue weighted by Gasteiger charge is -2.15. The van der Waals surface area contributed by atoms with E-state index in [2.05, 4.69) is 13.0 Å². The maximum Gasteiger partial charge on any atom is 0.0441 e. The molecule has 1 unspecified atom stereocenters. The van der Waals surface area contributed by atoms with Crippen molar-refractivity contribution >= 4 is 11.6 Å². The van der Waals surface area contributed by atoms with Crippen LogP contribution in [0, 0.1) is 0 Å². The molecule has 0 amide bonds. The zero-order valence-corrected chi connectivity index (χ0v) is 9.43. The first-order chi connectivity index (χ1) is 6.79. The molecule has 0 aliphatic carbocycles. The van der Waals surface area contributed by atoms with Gasteiger partial charge in [-0.05, 0) is 30.5 Å². The van der Waals surface area contributed by atoms with Gasteiger partial charge in [0.1, 0.15) is 0 Å². The van der Waals surface area contributed by atoms with Gasteiger partial charge in [0.15, 0.2) is 0 Å². The van der Waals surface area contributed by atoms with Gasteiger partial charge >= 0.3 is 0 Å². The van der Waals surface area contributed by atoms with Gasteiger partial charge in [0.2, 0.25) is 0 Å². The minimum absolute atomic E-state index is 0.420. The molecular formula is C12H18ClN.